The summed E-state index contributed by atoms with van der Waals surface area (Å²) in [4.78, 5) is 0. The summed E-state index contributed by atoms with van der Waals surface area (Å²) < 4.78 is 0. The van der Waals surface area contributed by atoms with Crippen LogP contribution in [0.2, 0.25) is 0 Å². The molecule has 2 aromatic carbocycles. The average molecular weight is 385 g/mol. The van der Waals surface area contributed by atoms with E-state index in [0.717, 1.165) is 0 Å². The molecule has 0 N–H and O–H groups in total. The van der Waals surface area contributed by atoms with E-state index in [0.29, 0.717) is 0 Å². The van der Waals surface area contributed by atoms with Gasteiger partial charge in [-0.25, -0.2) is 0 Å². The molecule has 0 aliphatic rings. The van der Waals surface area contributed by atoms with Crippen molar-refractivity contribution >= 4 is 18.6 Å². The molecule has 0 amide bonds. The first-order valence-electron chi connectivity index (χ1n) is 7.41. The molecule has 0 atom stereocenters. The van der Waals surface area contributed by atoms with E-state index in [9.17, 15) is 0 Å². The standard InChI is InChI=1S/2C10H13.2ClH.Ti/c2*1-10(2,3)9-7-5-4-6-8-9;;;/h2*4-8H,1H2,2-3H3;2*1H;/q2*-1;;;+2/p-2. The molecule has 3 heteroatoms. The van der Waals surface area contributed by atoms with Crippen LogP contribution in [0, 0.1) is 13.8 Å². The maximum atomic E-state index is 4.89. The molecule has 0 bridgehead atoms. The zero-order chi connectivity index (χ0) is 17.9. The Balaban J connectivity index is 0.000000360. The molecule has 126 valence electrons. The van der Waals surface area contributed by atoms with Gasteiger partial charge in [0.05, 0.1) is 0 Å². The van der Waals surface area contributed by atoms with Gasteiger partial charge in [0.15, 0.2) is 0 Å². The zero-order valence-electron chi connectivity index (χ0n) is 14.4. The van der Waals surface area contributed by atoms with Crippen LogP contribution >= 0.6 is 18.6 Å². The fraction of sp³-hybridized carbons (Fsp3) is 0.300. The quantitative estimate of drug-likeness (QED) is 0.387. The topological polar surface area (TPSA) is 0 Å². The molecule has 0 spiro atoms. The molecular formula is C20H26Cl2Ti-2. The third-order valence-corrected chi connectivity index (χ3v) is 3.11. The summed E-state index contributed by atoms with van der Waals surface area (Å²) in [5.74, 6) is 0. The van der Waals surface area contributed by atoms with E-state index >= 15 is 0 Å². The van der Waals surface area contributed by atoms with Crippen molar-refractivity contribution in [3.63, 3.8) is 0 Å². The number of hydrogen-bond donors (Lipinski definition) is 0. The summed E-state index contributed by atoms with van der Waals surface area (Å²) in [6, 6.07) is 20.6. The van der Waals surface area contributed by atoms with Gasteiger partial charge in [0, 0.05) is 0 Å². The molecule has 0 saturated carbocycles. The summed E-state index contributed by atoms with van der Waals surface area (Å²) in [5.41, 5.74) is 2.66. The summed E-state index contributed by atoms with van der Waals surface area (Å²) in [5, 5.41) is 0. The zero-order valence-corrected chi connectivity index (χ0v) is 17.5. The van der Waals surface area contributed by atoms with E-state index in [4.69, 9.17) is 18.6 Å². The maximum absolute atomic E-state index is 4.89. The Morgan fingerprint density at radius 2 is 0.870 bits per heavy atom. The van der Waals surface area contributed by atoms with E-state index in [1.54, 1.807) is 0 Å². The summed E-state index contributed by atoms with van der Waals surface area (Å²) in [6.07, 6.45) is 0. The Morgan fingerprint density at radius 3 is 1.00 bits per heavy atom. The van der Waals surface area contributed by atoms with Crippen LogP contribution in [0.5, 0.6) is 0 Å². The van der Waals surface area contributed by atoms with Gasteiger partial charge in [-0.3, -0.25) is 0 Å². The first-order valence-corrected chi connectivity index (χ1v) is 11.7. The normalized spacial score (nSPS) is 10.6. The van der Waals surface area contributed by atoms with Crippen LogP contribution in [0.1, 0.15) is 38.8 Å². The second kappa shape index (κ2) is 11.3. The van der Waals surface area contributed by atoms with E-state index in [-0.39, 0.29) is 10.8 Å². The third-order valence-electron chi connectivity index (χ3n) is 3.11. The predicted octanol–water partition coefficient (Wildman–Crippen LogP) is 6.97. The molecule has 0 aromatic heterocycles. The Bertz CT molecular complexity index is 461. The van der Waals surface area contributed by atoms with Gasteiger partial charge in [-0.1, -0.05) is 99.5 Å². The van der Waals surface area contributed by atoms with Crippen LogP contribution in [0.3, 0.4) is 0 Å². The number of halogens is 2. The Hall–Kier alpha value is -0.266. The predicted molar refractivity (Wildman–Crippen MR) is 101 cm³/mol. The van der Waals surface area contributed by atoms with Crippen LogP contribution in [0.15, 0.2) is 60.7 Å². The molecule has 0 fully saturated rings. The van der Waals surface area contributed by atoms with Crippen molar-refractivity contribution < 1.29 is 17.0 Å². The molecule has 0 radical (unpaired) electrons. The van der Waals surface area contributed by atoms with Gasteiger partial charge in [0.2, 0.25) is 0 Å². The summed E-state index contributed by atoms with van der Waals surface area (Å²) in [7, 11) is 9.78. The molecule has 0 unspecified atom stereocenters. The van der Waals surface area contributed by atoms with Gasteiger partial charge in [-0.05, 0) is 0 Å². The second-order valence-corrected chi connectivity index (χ2v) is 9.15. The first-order chi connectivity index (χ1) is 10.6. The van der Waals surface area contributed by atoms with Crippen LogP contribution in [0.25, 0.3) is 0 Å². The Kier molecular flexibility index (Phi) is 11.2. The SMILES string of the molecule is [CH2-]C(C)(C)c1ccccc1.[CH2-]C(C)(C)c1ccccc1.[Cl][Ti][Cl]. The Labute approximate surface area is 159 Å². The van der Waals surface area contributed by atoms with E-state index in [2.05, 4.69) is 65.8 Å². The molecule has 0 aliphatic heterocycles. The molecule has 2 rings (SSSR count). The van der Waals surface area contributed by atoms with Crippen molar-refractivity contribution in [2.24, 2.45) is 0 Å². The molecule has 0 nitrogen and oxygen atoms in total. The van der Waals surface area contributed by atoms with Crippen molar-refractivity contribution in [3.8, 4) is 0 Å². The van der Waals surface area contributed by atoms with Crippen molar-refractivity contribution in [1.29, 1.82) is 0 Å². The number of rotatable bonds is 2. The minimum absolute atomic E-state index is 0.0429. The van der Waals surface area contributed by atoms with Crippen molar-refractivity contribution in [2.45, 2.75) is 38.5 Å². The van der Waals surface area contributed by atoms with E-state index < -0.39 is 17.0 Å². The second-order valence-electron chi connectivity index (χ2n) is 6.57. The van der Waals surface area contributed by atoms with Gasteiger partial charge < -0.3 is 13.8 Å². The molecule has 0 saturated heterocycles. The number of benzene rings is 2. The summed E-state index contributed by atoms with van der Waals surface area (Å²) in [6.45, 7) is 16.5. The fourth-order valence-corrected chi connectivity index (χ4v) is 1.78. The van der Waals surface area contributed by atoms with E-state index in [1.807, 2.05) is 36.4 Å². The van der Waals surface area contributed by atoms with Gasteiger partial charge in [0.25, 0.3) is 0 Å². The van der Waals surface area contributed by atoms with Gasteiger partial charge in [-0.15, -0.1) is 10.8 Å². The van der Waals surface area contributed by atoms with Gasteiger partial charge >= 0.3 is 35.6 Å². The van der Waals surface area contributed by atoms with Gasteiger partial charge in [-0.2, -0.15) is 0 Å². The van der Waals surface area contributed by atoms with Crippen LogP contribution in [-0.2, 0) is 27.9 Å². The minimum atomic E-state index is -0.556. The average Bonchev–Trinajstić information content (AvgIpc) is 2.49. The molecular weight excluding hydrogens is 359 g/mol. The van der Waals surface area contributed by atoms with Crippen molar-refractivity contribution in [3.05, 3.63) is 85.6 Å². The fourth-order valence-electron chi connectivity index (χ4n) is 1.78. The van der Waals surface area contributed by atoms with Crippen LogP contribution in [-0.4, -0.2) is 0 Å². The van der Waals surface area contributed by atoms with E-state index in [1.165, 1.54) is 11.1 Å². The first kappa shape index (κ1) is 22.7. The van der Waals surface area contributed by atoms with Crippen LogP contribution < -0.4 is 0 Å². The van der Waals surface area contributed by atoms with Gasteiger partial charge in [0.1, 0.15) is 0 Å². The number of hydrogen-bond acceptors (Lipinski definition) is 0. The molecule has 2 aromatic rings. The monoisotopic (exact) mass is 384 g/mol. The molecule has 23 heavy (non-hydrogen) atoms. The molecule has 0 aliphatic carbocycles. The van der Waals surface area contributed by atoms with Crippen molar-refractivity contribution in [1.82, 2.24) is 0 Å². The van der Waals surface area contributed by atoms with Crippen molar-refractivity contribution in [2.75, 3.05) is 0 Å². The molecule has 0 heterocycles. The Morgan fingerprint density at radius 1 is 0.652 bits per heavy atom. The third kappa shape index (κ3) is 11.0. The van der Waals surface area contributed by atoms with Crippen LogP contribution in [0.4, 0.5) is 0 Å². The summed E-state index contributed by atoms with van der Waals surface area (Å²) >= 11 is -0.556.